The van der Waals surface area contributed by atoms with E-state index in [1.165, 1.54) is 0 Å². The second kappa shape index (κ2) is 7.01. The van der Waals surface area contributed by atoms with E-state index in [-0.39, 0.29) is 6.54 Å². The summed E-state index contributed by atoms with van der Waals surface area (Å²) >= 11 is 0. The molecule has 1 atom stereocenters. The molecule has 0 spiro atoms. The van der Waals surface area contributed by atoms with Crippen molar-refractivity contribution in [2.24, 2.45) is 0 Å². The van der Waals surface area contributed by atoms with Gasteiger partial charge in [0.15, 0.2) is 0 Å². The number of pyridine rings is 1. The fraction of sp³-hybridized carbons (Fsp3) is 0.545. The van der Waals surface area contributed by atoms with Gasteiger partial charge in [0.05, 0.1) is 0 Å². The lowest BCUT2D eigenvalue weighted by Crippen LogP contribution is -2.27. The van der Waals surface area contributed by atoms with E-state index in [1.54, 1.807) is 18.2 Å². The van der Waals surface area contributed by atoms with Crippen molar-refractivity contribution in [2.45, 2.75) is 25.9 Å². The van der Waals surface area contributed by atoms with E-state index in [1.807, 2.05) is 6.92 Å². The SMILES string of the molecule is CCCNc1cccc(NCC(O)C(F)F)n1. The quantitative estimate of drug-likeness (QED) is 0.687. The maximum Gasteiger partial charge on any atom is 0.265 e. The number of halogens is 2. The first-order valence-corrected chi connectivity index (χ1v) is 5.54. The van der Waals surface area contributed by atoms with E-state index in [9.17, 15) is 8.78 Å². The van der Waals surface area contributed by atoms with Crippen molar-refractivity contribution in [3.05, 3.63) is 18.2 Å². The van der Waals surface area contributed by atoms with Gasteiger partial charge in [0.25, 0.3) is 6.43 Å². The lowest BCUT2D eigenvalue weighted by atomic mass is 10.3. The number of nitrogens with zero attached hydrogens (tertiary/aromatic N) is 1. The van der Waals surface area contributed by atoms with Gasteiger partial charge >= 0.3 is 0 Å². The summed E-state index contributed by atoms with van der Waals surface area (Å²) in [6.45, 7) is 2.62. The number of aromatic nitrogens is 1. The van der Waals surface area contributed by atoms with Gasteiger partial charge < -0.3 is 15.7 Å². The Bertz CT molecular complexity index is 336. The van der Waals surface area contributed by atoms with Crippen molar-refractivity contribution in [2.75, 3.05) is 23.7 Å². The van der Waals surface area contributed by atoms with Gasteiger partial charge in [-0.1, -0.05) is 13.0 Å². The van der Waals surface area contributed by atoms with E-state index >= 15 is 0 Å². The highest BCUT2D eigenvalue weighted by atomic mass is 19.3. The molecule has 1 aromatic rings. The van der Waals surface area contributed by atoms with Crippen LogP contribution < -0.4 is 10.6 Å². The standard InChI is InChI=1S/C11H17F2N3O/c1-2-6-14-9-4-3-5-10(16-9)15-7-8(17)11(12)13/h3-5,8,11,17H,2,6-7H2,1H3,(H2,14,15,16). The first-order chi connectivity index (χ1) is 8.13. The molecule has 1 rings (SSSR count). The van der Waals surface area contributed by atoms with Gasteiger partial charge in [0.2, 0.25) is 0 Å². The van der Waals surface area contributed by atoms with Crippen molar-refractivity contribution >= 4 is 11.6 Å². The molecule has 1 aromatic heterocycles. The highest BCUT2D eigenvalue weighted by Gasteiger charge is 2.16. The predicted molar refractivity (Wildman–Crippen MR) is 63.5 cm³/mol. The van der Waals surface area contributed by atoms with Crippen molar-refractivity contribution in [1.82, 2.24) is 4.98 Å². The highest BCUT2D eigenvalue weighted by Crippen LogP contribution is 2.10. The van der Waals surface area contributed by atoms with E-state index < -0.39 is 12.5 Å². The molecule has 1 unspecified atom stereocenters. The summed E-state index contributed by atoms with van der Waals surface area (Å²) in [5.41, 5.74) is 0. The predicted octanol–water partition coefficient (Wildman–Crippen LogP) is 1.94. The number of rotatable bonds is 7. The van der Waals surface area contributed by atoms with Gasteiger partial charge in [0, 0.05) is 13.1 Å². The molecule has 0 saturated heterocycles. The largest absolute Gasteiger partial charge is 0.385 e. The van der Waals surface area contributed by atoms with E-state index in [2.05, 4.69) is 15.6 Å². The summed E-state index contributed by atoms with van der Waals surface area (Å²) in [4.78, 5) is 4.16. The molecule has 0 aromatic carbocycles. The summed E-state index contributed by atoms with van der Waals surface area (Å²) in [5, 5.41) is 14.7. The van der Waals surface area contributed by atoms with Crippen molar-refractivity contribution in [1.29, 1.82) is 0 Å². The van der Waals surface area contributed by atoms with Crippen LogP contribution in [0.25, 0.3) is 0 Å². The first kappa shape index (κ1) is 13.6. The Balaban J connectivity index is 2.48. The molecule has 0 bridgehead atoms. The van der Waals surface area contributed by atoms with Gasteiger partial charge in [-0.25, -0.2) is 13.8 Å². The molecule has 0 amide bonds. The molecule has 0 radical (unpaired) electrons. The zero-order chi connectivity index (χ0) is 12.7. The zero-order valence-corrected chi connectivity index (χ0v) is 9.66. The molecule has 0 fully saturated rings. The summed E-state index contributed by atoms with van der Waals surface area (Å²) in [6.07, 6.45) is -3.45. The summed E-state index contributed by atoms with van der Waals surface area (Å²) in [7, 11) is 0. The number of hydrogen-bond donors (Lipinski definition) is 3. The van der Waals surface area contributed by atoms with E-state index in [0.29, 0.717) is 11.6 Å². The molecule has 1 heterocycles. The van der Waals surface area contributed by atoms with Crippen LogP contribution in [0.1, 0.15) is 13.3 Å². The second-order valence-corrected chi connectivity index (χ2v) is 3.62. The van der Waals surface area contributed by atoms with Crippen LogP contribution in [0.4, 0.5) is 20.4 Å². The first-order valence-electron chi connectivity index (χ1n) is 5.54. The number of alkyl halides is 2. The van der Waals surface area contributed by atoms with Crippen LogP contribution in [-0.2, 0) is 0 Å². The maximum atomic E-state index is 12.1. The minimum absolute atomic E-state index is 0.220. The lowest BCUT2D eigenvalue weighted by Gasteiger charge is -2.12. The van der Waals surface area contributed by atoms with Crippen molar-refractivity contribution in [3.8, 4) is 0 Å². The van der Waals surface area contributed by atoms with Crippen LogP contribution in [0.2, 0.25) is 0 Å². The molecule has 96 valence electrons. The Hall–Kier alpha value is -1.43. The number of aliphatic hydroxyl groups is 1. The fourth-order valence-corrected chi connectivity index (χ4v) is 1.18. The Morgan fingerprint density at radius 3 is 2.53 bits per heavy atom. The number of hydrogen-bond acceptors (Lipinski definition) is 4. The second-order valence-electron chi connectivity index (χ2n) is 3.62. The van der Waals surface area contributed by atoms with Crippen molar-refractivity contribution in [3.63, 3.8) is 0 Å². The lowest BCUT2D eigenvalue weighted by molar-refractivity contribution is 0.00381. The monoisotopic (exact) mass is 245 g/mol. The molecule has 0 saturated carbocycles. The fourth-order valence-electron chi connectivity index (χ4n) is 1.18. The van der Waals surface area contributed by atoms with Crippen molar-refractivity contribution < 1.29 is 13.9 Å². The molecule has 17 heavy (non-hydrogen) atoms. The van der Waals surface area contributed by atoms with Crippen LogP contribution >= 0.6 is 0 Å². The molecule has 3 N–H and O–H groups in total. The number of aliphatic hydroxyl groups excluding tert-OH is 1. The Kier molecular flexibility index (Phi) is 5.62. The maximum absolute atomic E-state index is 12.1. The minimum Gasteiger partial charge on any atom is -0.385 e. The molecule has 6 heteroatoms. The van der Waals surface area contributed by atoms with Gasteiger partial charge in [-0.2, -0.15) is 0 Å². The Morgan fingerprint density at radius 2 is 1.94 bits per heavy atom. The summed E-state index contributed by atoms with van der Waals surface area (Å²) in [6, 6.07) is 5.22. The van der Waals surface area contributed by atoms with Gasteiger partial charge in [-0.05, 0) is 18.6 Å². The normalized spacial score (nSPS) is 12.5. The highest BCUT2D eigenvalue weighted by molar-refractivity contribution is 5.45. The topological polar surface area (TPSA) is 57.2 Å². The van der Waals surface area contributed by atoms with Gasteiger partial charge in [-0.3, -0.25) is 0 Å². The summed E-state index contributed by atoms with van der Waals surface area (Å²) < 4.78 is 24.1. The molecule has 0 aliphatic carbocycles. The van der Waals surface area contributed by atoms with Gasteiger partial charge in [-0.15, -0.1) is 0 Å². The third-order valence-electron chi connectivity index (χ3n) is 2.09. The molecule has 0 aliphatic rings. The average molecular weight is 245 g/mol. The third-order valence-corrected chi connectivity index (χ3v) is 2.09. The molecular formula is C11H17F2N3O. The number of nitrogens with one attached hydrogen (secondary N) is 2. The van der Waals surface area contributed by atoms with E-state index in [4.69, 9.17) is 5.11 Å². The third kappa shape index (κ3) is 4.95. The molecule has 4 nitrogen and oxygen atoms in total. The average Bonchev–Trinajstić information content (AvgIpc) is 2.33. The zero-order valence-electron chi connectivity index (χ0n) is 9.66. The van der Waals surface area contributed by atoms with E-state index in [0.717, 1.165) is 13.0 Å². The Labute approximate surface area is 99.1 Å². The van der Waals surface area contributed by atoms with Crippen LogP contribution in [0.3, 0.4) is 0 Å². The Morgan fingerprint density at radius 1 is 1.29 bits per heavy atom. The minimum atomic E-state index is -2.75. The van der Waals surface area contributed by atoms with Crippen LogP contribution in [0.5, 0.6) is 0 Å². The molecule has 0 aliphatic heterocycles. The summed E-state index contributed by atoms with van der Waals surface area (Å²) in [5.74, 6) is 1.15. The van der Waals surface area contributed by atoms with Gasteiger partial charge in [0.1, 0.15) is 17.7 Å². The van der Waals surface area contributed by atoms with Crippen LogP contribution in [0.15, 0.2) is 18.2 Å². The number of anilines is 2. The van der Waals surface area contributed by atoms with Crippen LogP contribution in [-0.4, -0.2) is 35.7 Å². The molecular weight excluding hydrogens is 228 g/mol. The smallest absolute Gasteiger partial charge is 0.265 e. The van der Waals surface area contributed by atoms with Crippen LogP contribution in [0, 0.1) is 0 Å².